The summed E-state index contributed by atoms with van der Waals surface area (Å²) in [4.78, 5) is 26.8. The van der Waals surface area contributed by atoms with Crippen molar-refractivity contribution in [2.45, 2.75) is 45.3 Å². The van der Waals surface area contributed by atoms with Gasteiger partial charge in [0.25, 0.3) is 0 Å². The largest absolute Gasteiger partial charge is 0.479 e. The lowest BCUT2D eigenvalue weighted by atomic mass is 9.92. The number of aromatic nitrogens is 4. The zero-order valence-corrected chi connectivity index (χ0v) is 20.9. The minimum Gasteiger partial charge on any atom is -0.479 e. The van der Waals surface area contributed by atoms with Crippen molar-refractivity contribution >= 4 is 17.6 Å². The van der Waals surface area contributed by atoms with Gasteiger partial charge in [0.15, 0.2) is 5.60 Å². The number of piperidine rings is 1. The molecule has 5 rings (SSSR count). The summed E-state index contributed by atoms with van der Waals surface area (Å²) in [5, 5.41) is 19.4. The number of aryl methyl sites for hydroxylation is 2. The number of aliphatic hydroxyl groups is 1. The molecule has 4 heterocycles. The van der Waals surface area contributed by atoms with E-state index in [-0.39, 0.29) is 18.6 Å². The SMILES string of the molecule is Cc1cc2nc(C)c(Cc3ccccc3OC(F)F)n2cc1-c1cnc(N2CCC(O)(C(=O)O)CC2)nc1. The molecule has 1 aromatic carbocycles. The molecule has 0 radical (unpaired) electrons. The second kappa shape index (κ2) is 9.97. The molecule has 1 fully saturated rings. The molecule has 9 nitrogen and oxygen atoms in total. The third-order valence-corrected chi connectivity index (χ3v) is 7.03. The molecule has 0 aliphatic carbocycles. The molecule has 1 aliphatic rings. The monoisotopic (exact) mass is 523 g/mol. The fraction of sp³-hybridized carbons (Fsp3) is 0.333. The van der Waals surface area contributed by atoms with Crippen molar-refractivity contribution in [1.82, 2.24) is 19.4 Å². The smallest absolute Gasteiger partial charge is 0.387 e. The first kappa shape index (κ1) is 25.5. The number of nitrogens with zero attached hydrogens (tertiary/aromatic N) is 5. The second-order valence-electron chi connectivity index (χ2n) is 9.50. The lowest BCUT2D eigenvalue weighted by Crippen LogP contribution is -2.49. The Kier molecular flexibility index (Phi) is 6.70. The number of carboxylic acids is 1. The van der Waals surface area contributed by atoms with Crippen LogP contribution in [-0.4, -0.2) is 60.8 Å². The van der Waals surface area contributed by atoms with Crippen LogP contribution in [0.1, 0.15) is 35.4 Å². The van der Waals surface area contributed by atoms with E-state index in [1.807, 2.05) is 35.4 Å². The quantitative estimate of drug-likeness (QED) is 0.374. The van der Waals surface area contributed by atoms with E-state index in [1.165, 1.54) is 6.07 Å². The molecule has 1 saturated heterocycles. The Bertz CT molecular complexity index is 1480. The molecule has 38 heavy (non-hydrogen) atoms. The van der Waals surface area contributed by atoms with Crippen molar-refractivity contribution < 1.29 is 28.5 Å². The molecule has 0 bridgehead atoms. The zero-order valence-electron chi connectivity index (χ0n) is 20.9. The molecule has 198 valence electrons. The lowest BCUT2D eigenvalue weighted by molar-refractivity contribution is -0.160. The Morgan fingerprint density at radius 3 is 2.50 bits per heavy atom. The standard InChI is InChI=1S/C27H27F2N5O4/c1-16-11-23-32-17(2)21(12-18-5-3-4-6-22(18)38-25(28)29)34(23)15-20(16)19-13-30-26(31-14-19)33-9-7-27(37,8-10-33)24(35)36/h3-6,11,13-15,25,37H,7-10,12H2,1-2H3,(H,35,36). The maximum atomic E-state index is 12.9. The van der Waals surface area contributed by atoms with Crippen LogP contribution in [0, 0.1) is 13.8 Å². The summed E-state index contributed by atoms with van der Waals surface area (Å²) >= 11 is 0. The van der Waals surface area contributed by atoms with E-state index >= 15 is 0 Å². The number of alkyl halides is 2. The highest BCUT2D eigenvalue weighted by atomic mass is 19.3. The molecule has 11 heteroatoms. The summed E-state index contributed by atoms with van der Waals surface area (Å²) in [6.07, 6.45) is 5.91. The van der Waals surface area contributed by atoms with Gasteiger partial charge in [-0.15, -0.1) is 0 Å². The summed E-state index contributed by atoms with van der Waals surface area (Å²) in [7, 11) is 0. The maximum absolute atomic E-state index is 12.9. The van der Waals surface area contributed by atoms with Crippen LogP contribution in [0.2, 0.25) is 0 Å². The number of pyridine rings is 1. The summed E-state index contributed by atoms with van der Waals surface area (Å²) in [6, 6.07) is 8.68. The first-order valence-corrected chi connectivity index (χ1v) is 12.2. The second-order valence-corrected chi connectivity index (χ2v) is 9.50. The van der Waals surface area contributed by atoms with Crippen molar-refractivity contribution in [1.29, 1.82) is 0 Å². The maximum Gasteiger partial charge on any atom is 0.387 e. The Morgan fingerprint density at radius 2 is 1.84 bits per heavy atom. The highest BCUT2D eigenvalue weighted by Gasteiger charge is 2.39. The number of benzene rings is 1. The van der Waals surface area contributed by atoms with Crippen LogP contribution in [-0.2, 0) is 11.2 Å². The summed E-state index contributed by atoms with van der Waals surface area (Å²) in [6.45, 7) is 1.61. The van der Waals surface area contributed by atoms with Crippen LogP contribution in [0.3, 0.4) is 0 Å². The highest BCUT2D eigenvalue weighted by Crippen LogP contribution is 2.30. The molecular formula is C27H27F2N5O4. The number of carbonyl (C=O) groups is 1. The van der Waals surface area contributed by atoms with Gasteiger partial charge in [0.05, 0.1) is 5.69 Å². The Balaban J connectivity index is 1.43. The molecule has 0 atom stereocenters. The molecule has 4 aromatic rings. The molecule has 0 spiro atoms. The molecule has 0 unspecified atom stereocenters. The fourth-order valence-corrected chi connectivity index (χ4v) is 4.82. The van der Waals surface area contributed by atoms with E-state index in [1.54, 1.807) is 30.6 Å². The molecule has 2 N–H and O–H groups in total. The summed E-state index contributed by atoms with van der Waals surface area (Å²) in [5.41, 5.74) is 3.93. The van der Waals surface area contributed by atoms with Gasteiger partial charge in [0.2, 0.25) is 5.95 Å². The number of hydrogen-bond acceptors (Lipinski definition) is 7. The number of imidazole rings is 1. The van der Waals surface area contributed by atoms with Crippen LogP contribution >= 0.6 is 0 Å². The molecule has 0 saturated carbocycles. The molecule has 3 aromatic heterocycles. The number of hydrogen-bond donors (Lipinski definition) is 2. The first-order chi connectivity index (χ1) is 18.1. The number of aliphatic carboxylic acids is 1. The Labute approximate surface area is 217 Å². The van der Waals surface area contributed by atoms with Gasteiger partial charge in [-0.3, -0.25) is 0 Å². The normalized spacial score (nSPS) is 15.3. The van der Waals surface area contributed by atoms with Gasteiger partial charge in [0.1, 0.15) is 11.4 Å². The van der Waals surface area contributed by atoms with E-state index in [4.69, 9.17) is 4.74 Å². The van der Waals surface area contributed by atoms with Crippen LogP contribution in [0.25, 0.3) is 16.8 Å². The van der Waals surface area contributed by atoms with E-state index in [9.17, 15) is 23.8 Å². The van der Waals surface area contributed by atoms with E-state index in [0.717, 1.165) is 33.7 Å². The number of para-hydroxylation sites is 1. The predicted molar refractivity (Wildman–Crippen MR) is 136 cm³/mol. The molecule has 0 amide bonds. The number of ether oxygens (including phenoxy) is 1. The highest BCUT2D eigenvalue weighted by molar-refractivity contribution is 5.77. The molecular weight excluding hydrogens is 496 g/mol. The Hall–Kier alpha value is -4.12. The van der Waals surface area contributed by atoms with Gasteiger partial charge in [-0.2, -0.15) is 8.78 Å². The van der Waals surface area contributed by atoms with Crippen molar-refractivity contribution in [2.75, 3.05) is 18.0 Å². The number of rotatable bonds is 7. The van der Waals surface area contributed by atoms with Crippen LogP contribution < -0.4 is 9.64 Å². The Morgan fingerprint density at radius 1 is 1.16 bits per heavy atom. The number of carboxylic acid groups (broad SMARTS) is 1. The van der Waals surface area contributed by atoms with E-state index in [2.05, 4.69) is 15.0 Å². The topological polar surface area (TPSA) is 113 Å². The summed E-state index contributed by atoms with van der Waals surface area (Å²) in [5.74, 6) is -0.610. The number of anilines is 1. The number of fused-ring (bicyclic) bond motifs is 1. The van der Waals surface area contributed by atoms with Gasteiger partial charge < -0.3 is 24.3 Å². The number of halogens is 2. The zero-order chi connectivity index (χ0) is 27.0. The third-order valence-electron chi connectivity index (χ3n) is 7.03. The van der Waals surface area contributed by atoms with Crippen molar-refractivity contribution in [3.05, 3.63) is 71.4 Å². The average molecular weight is 524 g/mol. The minimum absolute atomic E-state index is 0.0947. The van der Waals surface area contributed by atoms with Crippen LogP contribution in [0.5, 0.6) is 5.75 Å². The van der Waals surface area contributed by atoms with Crippen molar-refractivity contribution in [2.24, 2.45) is 0 Å². The van der Waals surface area contributed by atoms with E-state index < -0.39 is 18.2 Å². The first-order valence-electron chi connectivity index (χ1n) is 12.2. The van der Waals surface area contributed by atoms with Gasteiger partial charge in [-0.25, -0.2) is 19.7 Å². The van der Waals surface area contributed by atoms with E-state index in [0.29, 0.717) is 31.0 Å². The lowest BCUT2D eigenvalue weighted by Gasteiger charge is -2.35. The van der Waals surface area contributed by atoms with Crippen molar-refractivity contribution in [3.8, 4) is 16.9 Å². The average Bonchev–Trinajstić information content (AvgIpc) is 3.18. The van der Waals surface area contributed by atoms with Gasteiger partial charge >= 0.3 is 12.6 Å². The van der Waals surface area contributed by atoms with Crippen molar-refractivity contribution in [3.63, 3.8) is 0 Å². The van der Waals surface area contributed by atoms with Gasteiger partial charge in [0, 0.05) is 73.3 Å². The fourth-order valence-electron chi connectivity index (χ4n) is 4.82. The van der Waals surface area contributed by atoms with Crippen LogP contribution in [0.15, 0.2) is 48.9 Å². The van der Waals surface area contributed by atoms with Gasteiger partial charge in [-0.1, -0.05) is 18.2 Å². The third kappa shape index (κ3) is 4.89. The van der Waals surface area contributed by atoms with Crippen LogP contribution in [0.4, 0.5) is 14.7 Å². The molecule has 1 aliphatic heterocycles. The predicted octanol–water partition coefficient (Wildman–Crippen LogP) is 4.02. The summed E-state index contributed by atoms with van der Waals surface area (Å²) < 4.78 is 32.5. The van der Waals surface area contributed by atoms with Gasteiger partial charge in [-0.05, 0) is 31.5 Å². The minimum atomic E-state index is -2.91.